The van der Waals surface area contributed by atoms with Crippen LogP contribution in [0.25, 0.3) is 0 Å². The second-order valence-electron chi connectivity index (χ2n) is 6.05. The third kappa shape index (κ3) is 5.67. The third-order valence-corrected chi connectivity index (χ3v) is 4.74. The monoisotopic (exact) mass is 403 g/mol. The highest BCUT2D eigenvalue weighted by Gasteiger charge is 2.14. The Bertz CT molecular complexity index is 924. The Hall–Kier alpha value is -2.64. The van der Waals surface area contributed by atoms with E-state index in [1.165, 1.54) is 17.6 Å². The number of carbonyl (C=O) groups is 2. The van der Waals surface area contributed by atoms with Crippen LogP contribution in [0.15, 0.2) is 52.5 Å². The molecular formula is C19H18ClN3O3S. The fraction of sp³-hybridized carbons (Fsp3) is 0.211. The predicted octanol–water partition coefficient (Wildman–Crippen LogP) is 3.93. The predicted molar refractivity (Wildman–Crippen MR) is 105 cm³/mol. The van der Waals surface area contributed by atoms with E-state index in [2.05, 4.69) is 15.6 Å². The van der Waals surface area contributed by atoms with Crippen LogP contribution in [0.1, 0.15) is 28.7 Å². The van der Waals surface area contributed by atoms with Gasteiger partial charge in [0.1, 0.15) is 0 Å². The zero-order chi connectivity index (χ0) is 19.2. The van der Waals surface area contributed by atoms with Gasteiger partial charge in [0.25, 0.3) is 5.91 Å². The lowest BCUT2D eigenvalue weighted by Gasteiger charge is -2.13. The summed E-state index contributed by atoms with van der Waals surface area (Å²) in [7, 11) is 0. The first-order valence-electron chi connectivity index (χ1n) is 8.32. The summed E-state index contributed by atoms with van der Waals surface area (Å²) in [6.45, 7) is 1.94. The van der Waals surface area contributed by atoms with E-state index < -0.39 is 0 Å². The normalized spacial score (nSPS) is 11.8. The molecule has 0 spiro atoms. The molecule has 2 amide bonds. The van der Waals surface area contributed by atoms with Crippen LogP contribution in [0.5, 0.6) is 0 Å². The van der Waals surface area contributed by atoms with Crippen LogP contribution in [0.4, 0.5) is 5.13 Å². The molecule has 0 aliphatic rings. The molecular weight excluding hydrogens is 386 g/mol. The second-order valence-corrected chi connectivity index (χ2v) is 7.35. The zero-order valence-electron chi connectivity index (χ0n) is 14.6. The van der Waals surface area contributed by atoms with Gasteiger partial charge in [-0.2, -0.15) is 0 Å². The van der Waals surface area contributed by atoms with Crippen LogP contribution < -0.4 is 10.6 Å². The topological polar surface area (TPSA) is 84.2 Å². The average molecular weight is 404 g/mol. The summed E-state index contributed by atoms with van der Waals surface area (Å²) in [5.74, 6) is -0.293. The van der Waals surface area contributed by atoms with Crippen molar-refractivity contribution in [3.8, 4) is 0 Å². The van der Waals surface area contributed by atoms with E-state index in [9.17, 15) is 9.59 Å². The summed E-state index contributed by atoms with van der Waals surface area (Å²) in [4.78, 5) is 28.4. The van der Waals surface area contributed by atoms with Gasteiger partial charge < -0.3 is 9.73 Å². The molecule has 6 nitrogen and oxygen atoms in total. The molecule has 0 saturated carbocycles. The van der Waals surface area contributed by atoms with Crippen LogP contribution in [0.3, 0.4) is 0 Å². The van der Waals surface area contributed by atoms with Crippen molar-refractivity contribution in [2.45, 2.75) is 25.8 Å². The van der Waals surface area contributed by atoms with Crippen molar-refractivity contribution in [3.05, 3.63) is 70.1 Å². The number of halogens is 1. The van der Waals surface area contributed by atoms with E-state index in [1.807, 2.05) is 31.2 Å². The molecule has 2 aromatic heterocycles. The fourth-order valence-electron chi connectivity index (χ4n) is 2.57. The quantitative estimate of drug-likeness (QED) is 0.626. The third-order valence-electron chi connectivity index (χ3n) is 3.70. The summed E-state index contributed by atoms with van der Waals surface area (Å²) in [6, 6.07) is 10.7. The number of hydrogen-bond acceptors (Lipinski definition) is 5. The number of nitrogens with zero attached hydrogens (tertiary/aromatic N) is 1. The smallest absolute Gasteiger partial charge is 0.293 e. The molecule has 0 radical (unpaired) electrons. The lowest BCUT2D eigenvalue weighted by atomic mass is 10.1. The zero-order valence-corrected chi connectivity index (χ0v) is 16.1. The van der Waals surface area contributed by atoms with Gasteiger partial charge >= 0.3 is 0 Å². The van der Waals surface area contributed by atoms with E-state index in [4.69, 9.17) is 16.0 Å². The van der Waals surface area contributed by atoms with Crippen LogP contribution in [-0.2, 0) is 17.6 Å². The summed E-state index contributed by atoms with van der Waals surface area (Å²) >= 11 is 7.24. The van der Waals surface area contributed by atoms with Gasteiger partial charge in [0, 0.05) is 16.4 Å². The van der Waals surface area contributed by atoms with Gasteiger partial charge in [-0.3, -0.25) is 14.9 Å². The minimum atomic E-state index is -0.375. The van der Waals surface area contributed by atoms with Crippen molar-refractivity contribution in [2.24, 2.45) is 0 Å². The Morgan fingerprint density at radius 1 is 1.30 bits per heavy atom. The number of aromatic nitrogens is 1. The summed E-state index contributed by atoms with van der Waals surface area (Å²) < 4.78 is 5.03. The first-order chi connectivity index (χ1) is 13.0. The van der Waals surface area contributed by atoms with Crippen molar-refractivity contribution in [3.63, 3.8) is 0 Å². The number of furan rings is 1. The minimum Gasteiger partial charge on any atom is -0.459 e. The highest BCUT2D eigenvalue weighted by Crippen LogP contribution is 2.17. The molecule has 27 heavy (non-hydrogen) atoms. The van der Waals surface area contributed by atoms with Crippen molar-refractivity contribution < 1.29 is 14.0 Å². The lowest BCUT2D eigenvalue weighted by Crippen LogP contribution is -2.35. The Labute approximate surface area is 165 Å². The van der Waals surface area contributed by atoms with Gasteiger partial charge in [0.15, 0.2) is 10.9 Å². The number of anilines is 1. The Morgan fingerprint density at radius 3 is 2.89 bits per heavy atom. The van der Waals surface area contributed by atoms with Crippen molar-refractivity contribution in [1.82, 2.24) is 10.3 Å². The molecule has 140 valence electrons. The number of thiazole rings is 1. The first-order valence-corrected chi connectivity index (χ1v) is 9.58. The van der Waals surface area contributed by atoms with Crippen molar-refractivity contribution >= 4 is 39.9 Å². The molecule has 0 aliphatic carbocycles. The molecule has 0 fully saturated rings. The molecule has 2 N–H and O–H groups in total. The number of benzene rings is 1. The van der Waals surface area contributed by atoms with Crippen LogP contribution >= 0.6 is 22.9 Å². The van der Waals surface area contributed by atoms with Gasteiger partial charge in [0.2, 0.25) is 5.91 Å². The first kappa shape index (κ1) is 19.1. The lowest BCUT2D eigenvalue weighted by molar-refractivity contribution is -0.121. The van der Waals surface area contributed by atoms with E-state index in [-0.39, 0.29) is 30.0 Å². The SMILES string of the molecule is C[C@@H](Cc1cccc(Cl)c1)NC(=O)Cc1csc(NC(=O)c2ccco2)n1. The van der Waals surface area contributed by atoms with E-state index >= 15 is 0 Å². The molecule has 0 saturated heterocycles. The highest BCUT2D eigenvalue weighted by molar-refractivity contribution is 7.14. The van der Waals surface area contributed by atoms with E-state index in [0.717, 1.165) is 5.56 Å². The van der Waals surface area contributed by atoms with Gasteiger partial charge in [-0.25, -0.2) is 4.98 Å². The van der Waals surface area contributed by atoms with Gasteiger partial charge in [-0.1, -0.05) is 23.7 Å². The van der Waals surface area contributed by atoms with E-state index in [0.29, 0.717) is 22.3 Å². The molecule has 0 bridgehead atoms. The highest BCUT2D eigenvalue weighted by atomic mass is 35.5. The summed E-state index contributed by atoms with van der Waals surface area (Å²) in [5.41, 5.74) is 1.66. The number of amides is 2. The van der Waals surface area contributed by atoms with Crippen LogP contribution in [0.2, 0.25) is 5.02 Å². The number of hydrogen-bond donors (Lipinski definition) is 2. The molecule has 0 unspecified atom stereocenters. The van der Waals surface area contributed by atoms with Crippen molar-refractivity contribution in [1.29, 1.82) is 0 Å². The van der Waals surface area contributed by atoms with Crippen LogP contribution in [0, 0.1) is 0 Å². The Kier molecular flexibility index (Phi) is 6.26. The molecule has 0 aliphatic heterocycles. The Morgan fingerprint density at radius 2 is 2.15 bits per heavy atom. The van der Waals surface area contributed by atoms with Gasteiger partial charge in [0.05, 0.1) is 18.4 Å². The summed E-state index contributed by atoms with van der Waals surface area (Å²) in [6.07, 6.45) is 2.26. The molecule has 3 rings (SSSR count). The fourth-order valence-corrected chi connectivity index (χ4v) is 3.49. The molecule has 2 heterocycles. The second kappa shape index (κ2) is 8.83. The minimum absolute atomic E-state index is 0.0345. The van der Waals surface area contributed by atoms with Gasteiger partial charge in [-0.15, -0.1) is 11.3 Å². The Balaban J connectivity index is 1.49. The number of rotatable bonds is 7. The largest absolute Gasteiger partial charge is 0.459 e. The average Bonchev–Trinajstić information content (AvgIpc) is 3.26. The van der Waals surface area contributed by atoms with E-state index in [1.54, 1.807) is 17.5 Å². The molecule has 1 aromatic carbocycles. The maximum atomic E-state index is 12.2. The molecule has 1 atom stereocenters. The standard InChI is InChI=1S/C19H18ClN3O3S/c1-12(8-13-4-2-5-14(20)9-13)21-17(24)10-15-11-27-19(22-15)23-18(25)16-6-3-7-26-16/h2-7,9,11-12H,8,10H2,1H3,(H,21,24)(H,22,23,25)/t12-/m0/s1. The molecule has 8 heteroatoms. The van der Waals surface area contributed by atoms with Gasteiger partial charge in [-0.05, 0) is 43.2 Å². The summed E-state index contributed by atoms with van der Waals surface area (Å²) in [5, 5.41) is 8.45. The number of carbonyl (C=O) groups excluding carboxylic acids is 2. The van der Waals surface area contributed by atoms with Crippen LogP contribution in [-0.4, -0.2) is 22.8 Å². The molecule has 3 aromatic rings. The number of nitrogens with one attached hydrogen (secondary N) is 2. The van der Waals surface area contributed by atoms with Crippen molar-refractivity contribution in [2.75, 3.05) is 5.32 Å². The maximum absolute atomic E-state index is 12.2. The maximum Gasteiger partial charge on any atom is 0.293 e.